The van der Waals surface area contributed by atoms with Crippen molar-refractivity contribution in [2.24, 2.45) is 56.2 Å². The summed E-state index contributed by atoms with van der Waals surface area (Å²) < 4.78 is 0. The fourth-order valence-electron chi connectivity index (χ4n) is 11.6. The molecule has 0 bridgehead atoms. The molecule has 35 heavy (non-hydrogen) atoms. The van der Waals surface area contributed by atoms with Gasteiger partial charge in [0.15, 0.2) is 0 Å². The summed E-state index contributed by atoms with van der Waals surface area (Å²) in [5.74, 6) is 1.05. The number of carboxylic acids is 1. The maximum Gasteiger partial charge on any atom is 0.310 e. The van der Waals surface area contributed by atoms with Crippen LogP contribution in [0.3, 0.4) is 0 Å². The Labute approximate surface area is 213 Å². The lowest BCUT2D eigenvalue weighted by Crippen LogP contribution is -2.69. The van der Waals surface area contributed by atoms with E-state index < -0.39 is 23.6 Å². The highest BCUT2D eigenvalue weighted by Crippen LogP contribution is 2.78. The zero-order chi connectivity index (χ0) is 26.0. The Bertz CT molecular complexity index is 954. The number of carboxylic acid groups (broad SMARTS) is 1. The van der Waals surface area contributed by atoms with Gasteiger partial charge in [0.2, 0.25) is 0 Å². The zero-order valence-corrected chi connectivity index (χ0v) is 23.4. The summed E-state index contributed by atoms with van der Waals surface area (Å²) in [7, 11) is 0. The summed E-state index contributed by atoms with van der Waals surface area (Å²) in [6, 6.07) is 0. The van der Waals surface area contributed by atoms with E-state index in [0.717, 1.165) is 44.9 Å². The Morgan fingerprint density at radius 3 is 2.20 bits per heavy atom. The van der Waals surface area contributed by atoms with Gasteiger partial charge in [-0.1, -0.05) is 67.0 Å². The van der Waals surface area contributed by atoms with Crippen molar-refractivity contribution in [1.82, 2.24) is 0 Å². The monoisotopic (exact) mass is 486 g/mol. The predicted octanol–water partition coefficient (Wildman–Crippen LogP) is 6.45. The molecule has 0 radical (unpaired) electrons. The molecule has 0 amide bonds. The van der Waals surface area contributed by atoms with Crippen molar-refractivity contribution in [3.8, 4) is 0 Å². The Morgan fingerprint density at radius 2 is 1.57 bits per heavy atom. The molecule has 0 spiro atoms. The summed E-state index contributed by atoms with van der Waals surface area (Å²) in [5.41, 5.74) is 0.0759. The lowest BCUT2D eigenvalue weighted by Gasteiger charge is -2.73. The first-order chi connectivity index (χ1) is 16.0. The normalized spacial score (nSPS) is 57.1. The highest BCUT2D eigenvalue weighted by molar-refractivity contribution is 5.78. The van der Waals surface area contributed by atoms with Gasteiger partial charge in [-0.15, -0.1) is 0 Å². The van der Waals surface area contributed by atoms with Gasteiger partial charge in [-0.2, -0.15) is 0 Å². The van der Waals surface area contributed by atoms with Gasteiger partial charge < -0.3 is 15.3 Å². The predicted molar refractivity (Wildman–Crippen MR) is 139 cm³/mol. The van der Waals surface area contributed by atoms with Gasteiger partial charge in [0.05, 0.1) is 17.6 Å². The van der Waals surface area contributed by atoms with Gasteiger partial charge >= 0.3 is 5.97 Å². The summed E-state index contributed by atoms with van der Waals surface area (Å²) in [4.78, 5) is 13.0. The van der Waals surface area contributed by atoms with Crippen LogP contribution >= 0.6 is 0 Å². The van der Waals surface area contributed by atoms with Crippen LogP contribution in [-0.2, 0) is 4.79 Å². The Morgan fingerprint density at radius 1 is 0.914 bits per heavy atom. The van der Waals surface area contributed by atoms with E-state index in [4.69, 9.17) is 0 Å². The Balaban J connectivity index is 1.66. The minimum Gasteiger partial charge on any atom is -0.481 e. The van der Waals surface area contributed by atoms with E-state index in [1.807, 2.05) is 0 Å². The number of rotatable bonds is 1. The second kappa shape index (κ2) is 7.37. The fourth-order valence-corrected chi connectivity index (χ4v) is 11.6. The van der Waals surface area contributed by atoms with Crippen LogP contribution in [0.4, 0.5) is 0 Å². The first kappa shape index (κ1) is 25.8. The Hall–Kier alpha value is -0.870. The highest BCUT2D eigenvalue weighted by Gasteiger charge is 2.73. The minimum absolute atomic E-state index is 0.0475. The first-order valence-electron chi connectivity index (χ1n) is 14.3. The van der Waals surface area contributed by atoms with Crippen LogP contribution in [0.25, 0.3) is 0 Å². The molecule has 4 fully saturated rings. The number of aliphatic hydroxyl groups excluding tert-OH is 2. The second-order valence-electron chi connectivity index (χ2n) is 15.2. The van der Waals surface area contributed by atoms with Crippen molar-refractivity contribution in [2.45, 2.75) is 119 Å². The molecular formula is C31H50O4. The van der Waals surface area contributed by atoms with E-state index in [2.05, 4.69) is 61.5 Å². The van der Waals surface area contributed by atoms with Crippen molar-refractivity contribution in [2.75, 3.05) is 0 Å². The van der Waals surface area contributed by atoms with E-state index in [1.54, 1.807) is 0 Å². The molecular weight excluding hydrogens is 436 g/mol. The van der Waals surface area contributed by atoms with Crippen molar-refractivity contribution in [3.63, 3.8) is 0 Å². The van der Waals surface area contributed by atoms with E-state index in [0.29, 0.717) is 30.1 Å². The summed E-state index contributed by atoms with van der Waals surface area (Å²) >= 11 is 0. The molecule has 11 atom stereocenters. The van der Waals surface area contributed by atoms with Crippen molar-refractivity contribution in [3.05, 3.63) is 11.6 Å². The largest absolute Gasteiger partial charge is 0.481 e. The molecule has 0 aromatic heterocycles. The van der Waals surface area contributed by atoms with Gasteiger partial charge in [0.1, 0.15) is 0 Å². The smallest absolute Gasteiger partial charge is 0.310 e. The molecule has 3 N–H and O–H groups in total. The lowest BCUT2D eigenvalue weighted by atomic mass is 9.31. The molecule has 5 rings (SSSR count). The fraction of sp³-hybridized carbons (Fsp3) is 0.903. The maximum absolute atomic E-state index is 13.0. The molecule has 0 aromatic rings. The molecule has 0 aromatic carbocycles. The summed E-state index contributed by atoms with van der Waals surface area (Å²) in [6.07, 6.45) is 8.41. The van der Waals surface area contributed by atoms with Crippen LogP contribution < -0.4 is 0 Å². The average Bonchev–Trinajstić information content (AvgIpc) is 2.76. The SMILES string of the molecule is CC1CCC2(C(=O)O)CCC3(C)C(=CCC4C5(C)CC(O)C(O)C(C)(C)C5CCC43C)C2(C)C1C. The second-order valence-corrected chi connectivity index (χ2v) is 15.2. The number of allylic oxidation sites excluding steroid dienone is 2. The highest BCUT2D eigenvalue weighted by atomic mass is 16.4. The zero-order valence-electron chi connectivity index (χ0n) is 23.4. The van der Waals surface area contributed by atoms with Crippen LogP contribution in [0.15, 0.2) is 11.6 Å². The molecule has 4 saturated carbocycles. The van der Waals surface area contributed by atoms with Crippen LogP contribution in [0, 0.1) is 56.2 Å². The van der Waals surface area contributed by atoms with E-state index >= 15 is 0 Å². The van der Waals surface area contributed by atoms with Crippen LogP contribution in [0.5, 0.6) is 0 Å². The molecule has 198 valence electrons. The third-order valence-electron chi connectivity index (χ3n) is 14.2. The Kier molecular flexibility index (Phi) is 5.42. The van der Waals surface area contributed by atoms with Gasteiger partial charge in [-0.05, 0) is 96.7 Å². The topological polar surface area (TPSA) is 77.8 Å². The molecule has 4 nitrogen and oxygen atoms in total. The molecule has 0 saturated heterocycles. The molecule has 4 heteroatoms. The molecule has 5 aliphatic carbocycles. The molecule has 0 aliphatic heterocycles. The number of fused-ring (bicyclic) bond motifs is 7. The average molecular weight is 487 g/mol. The molecule has 11 unspecified atom stereocenters. The number of hydrogen-bond donors (Lipinski definition) is 3. The van der Waals surface area contributed by atoms with E-state index in [-0.39, 0.29) is 27.1 Å². The van der Waals surface area contributed by atoms with E-state index in [1.165, 1.54) is 5.57 Å². The quantitative estimate of drug-likeness (QED) is 0.372. The van der Waals surface area contributed by atoms with Gasteiger partial charge in [-0.3, -0.25) is 4.79 Å². The van der Waals surface area contributed by atoms with Crippen molar-refractivity contribution in [1.29, 1.82) is 0 Å². The molecule has 0 heterocycles. The first-order valence-corrected chi connectivity index (χ1v) is 14.3. The van der Waals surface area contributed by atoms with Crippen LogP contribution in [-0.4, -0.2) is 33.5 Å². The van der Waals surface area contributed by atoms with E-state index in [9.17, 15) is 20.1 Å². The lowest BCUT2D eigenvalue weighted by molar-refractivity contribution is -0.237. The number of hydrogen-bond acceptors (Lipinski definition) is 3. The summed E-state index contributed by atoms with van der Waals surface area (Å²) in [5, 5.41) is 32.6. The van der Waals surface area contributed by atoms with Gasteiger partial charge in [-0.25, -0.2) is 0 Å². The summed E-state index contributed by atoms with van der Waals surface area (Å²) in [6.45, 7) is 18.6. The maximum atomic E-state index is 13.0. The van der Waals surface area contributed by atoms with Crippen molar-refractivity contribution >= 4 is 5.97 Å². The standard InChI is InChI=1S/C31H50O4/c1-18-11-14-31(25(34)35)16-15-29(7)23(30(31,8)19(18)2)10-9-22-27(5)17-20(32)24(33)26(3,4)21(27)12-13-28(22,29)6/h10,18-22,24,32-33H,9,11-17H2,1-8H3,(H,34,35). The van der Waals surface area contributed by atoms with Gasteiger partial charge in [0.25, 0.3) is 0 Å². The van der Waals surface area contributed by atoms with Crippen molar-refractivity contribution < 1.29 is 20.1 Å². The minimum atomic E-state index is -0.686. The van der Waals surface area contributed by atoms with Crippen LogP contribution in [0.2, 0.25) is 0 Å². The number of aliphatic hydroxyl groups is 2. The third-order valence-corrected chi connectivity index (χ3v) is 14.2. The third kappa shape index (κ3) is 2.75. The number of aliphatic carboxylic acids is 1. The van der Waals surface area contributed by atoms with Crippen LogP contribution in [0.1, 0.15) is 107 Å². The molecule has 5 aliphatic rings. The van der Waals surface area contributed by atoms with Gasteiger partial charge in [0, 0.05) is 5.41 Å². The number of carbonyl (C=O) groups is 1.